The van der Waals surface area contributed by atoms with Crippen LogP contribution in [0.5, 0.6) is 0 Å². The second kappa shape index (κ2) is 5.93. The van der Waals surface area contributed by atoms with Crippen LogP contribution in [0.2, 0.25) is 0 Å². The maximum atomic E-state index is 5.50. The lowest BCUT2D eigenvalue weighted by Crippen LogP contribution is -2.31. The number of thioether (sulfide) groups is 1. The first-order chi connectivity index (χ1) is 9.83. The molecule has 0 amide bonds. The van der Waals surface area contributed by atoms with Gasteiger partial charge in [-0.25, -0.2) is 0 Å². The molecule has 106 valence electrons. The fraction of sp³-hybridized carbons (Fsp3) is 0.500. The van der Waals surface area contributed by atoms with Gasteiger partial charge < -0.3 is 9.84 Å². The van der Waals surface area contributed by atoms with Crippen LogP contribution in [0.1, 0.15) is 24.3 Å². The Morgan fingerprint density at radius 2 is 2.35 bits per heavy atom. The van der Waals surface area contributed by atoms with E-state index in [1.54, 1.807) is 6.20 Å². The normalized spacial score (nSPS) is 22.3. The van der Waals surface area contributed by atoms with Crippen LogP contribution in [-0.4, -0.2) is 39.7 Å². The van der Waals surface area contributed by atoms with Crippen molar-refractivity contribution in [3.05, 3.63) is 29.9 Å². The molecule has 0 aliphatic carbocycles. The number of rotatable bonds is 4. The first-order valence-corrected chi connectivity index (χ1v) is 8.00. The maximum Gasteiger partial charge on any atom is 0.232 e. The Morgan fingerprint density at radius 1 is 1.45 bits per heavy atom. The molecule has 1 aliphatic rings. The Morgan fingerprint density at radius 3 is 3.15 bits per heavy atom. The van der Waals surface area contributed by atoms with Crippen molar-refractivity contribution in [1.29, 1.82) is 0 Å². The van der Waals surface area contributed by atoms with Gasteiger partial charge in [0.15, 0.2) is 0 Å². The quantitative estimate of drug-likeness (QED) is 0.930. The summed E-state index contributed by atoms with van der Waals surface area (Å²) in [6.45, 7) is 2.10. The molecule has 0 radical (unpaired) electrons. The standard InChI is InChI=1S/C14H18N4OS/c1-3-9-6-16-5-4-10(9)13-17-14(19-18-13)11-7-20-8-12(11)15-2/h4-6,11-12,15H,3,7-8H2,1-2H3. The molecule has 2 aromatic heterocycles. The van der Waals surface area contributed by atoms with Gasteiger partial charge >= 0.3 is 0 Å². The van der Waals surface area contributed by atoms with Crippen LogP contribution in [-0.2, 0) is 6.42 Å². The van der Waals surface area contributed by atoms with Gasteiger partial charge in [0.25, 0.3) is 0 Å². The maximum absolute atomic E-state index is 5.50. The van der Waals surface area contributed by atoms with E-state index in [9.17, 15) is 0 Å². The van der Waals surface area contributed by atoms with Crippen molar-refractivity contribution >= 4 is 11.8 Å². The summed E-state index contributed by atoms with van der Waals surface area (Å²) in [6, 6.07) is 2.36. The van der Waals surface area contributed by atoms with Crippen molar-refractivity contribution in [2.75, 3.05) is 18.6 Å². The third-order valence-electron chi connectivity index (χ3n) is 3.74. The van der Waals surface area contributed by atoms with Gasteiger partial charge in [-0.3, -0.25) is 4.98 Å². The predicted molar refractivity (Wildman–Crippen MR) is 79.8 cm³/mol. The van der Waals surface area contributed by atoms with Crippen LogP contribution in [0.15, 0.2) is 23.0 Å². The number of nitrogens with one attached hydrogen (secondary N) is 1. The highest BCUT2D eigenvalue weighted by atomic mass is 32.2. The summed E-state index contributed by atoms with van der Waals surface area (Å²) in [5, 5.41) is 7.48. The number of aromatic nitrogens is 3. The second-order valence-electron chi connectivity index (χ2n) is 4.88. The molecule has 2 aromatic rings. The summed E-state index contributed by atoms with van der Waals surface area (Å²) in [6.07, 6.45) is 4.55. The highest BCUT2D eigenvalue weighted by molar-refractivity contribution is 7.99. The third-order valence-corrected chi connectivity index (χ3v) is 4.93. The molecule has 2 atom stereocenters. The average molecular weight is 290 g/mol. The Bertz CT molecular complexity index is 586. The van der Waals surface area contributed by atoms with Crippen LogP contribution >= 0.6 is 11.8 Å². The van der Waals surface area contributed by atoms with Gasteiger partial charge in [0.2, 0.25) is 11.7 Å². The van der Waals surface area contributed by atoms with E-state index in [0.717, 1.165) is 34.9 Å². The van der Waals surface area contributed by atoms with E-state index in [0.29, 0.717) is 17.8 Å². The van der Waals surface area contributed by atoms with Gasteiger partial charge in [0.1, 0.15) is 0 Å². The lowest BCUT2D eigenvalue weighted by molar-refractivity contribution is 0.344. The average Bonchev–Trinajstić information content (AvgIpc) is 3.15. The van der Waals surface area contributed by atoms with E-state index in [4.69, 9.17) is 4.52 Å². The molecule has 2 unspecified atom stereocenters. The highest BCUT2D eigenvalue weighted by Crippen LogP contribution is 2.33. The van der Waals surface area contributed by atoms with Gasteiger partial charge in [-0.2, -0.15) is 16.7 Å². The monoisotopic (exact) mass is 290 g/mol. The van der Waals surface area contributed by atoms with Crippen molar-refractivity contribution in [3.8, 4) is 11.4 Å². The molecular formula is C14H18N4OS. The lowest BCUT2D eigenvalue weighted by atomic mass is 10.0. The molecule has 0 bridgehead atoms. The molecule has 20 heavy (non-hydrogen) atoms. The van der Waals surface area contributed by atoms with Gasteiger partial charge in [0, 0.05) is 35.5 Å². The minimum absolute atomic E-state index is 0.304. The van der Waals surface area contributed by atoms with Gasteiger partial charge in [-0.1, -0.05) is 12.1 Å². The molecule has 0 aromatic carbocycles. The largest absolute Gasteiger partial charge is 0.339 e. The zero-order valence-corrected chi connectivity index (χ0v) is 12.5. The van der Waals surface area contributed by atoms with Gasteiger partial charge in [0.05, 0.1) is 5.92 Å². The number of hydrogen-bond acceptors (Lipinski definition) is 6. The van der Waals surface area contributed by atoms with Crippen molar-refractivity contribution in [1.82, 2.24) is 20.4 Å². The summed E-state index contributed by atoms with van der Waals surface area (Å²) in [5.41, 5.74) is 2.16. The minimum Gasteiger partial charge on any atom is -0.339 e. The topological polar surface area (TPSA) is 63.8 Å². The van der Waals surface area contributed by atoms with Crippen LogP contribution < -0.4 is 5.32 Å². The van der Waals surface area contributed by atoms with Crippen molar-refractivity contribution < 1.29 is 4.52 Å². The van der Waals surface area contributed by atoms with E-state index in [2.05, 4.69) is 27.4 Å². The van der Waals surface area contributed by atoms with Crippen LogP contribution in [0, 0.1) is 0 Å². The summed E-state index contributed by atoms with van der Waals surface area (Å²) in [4.78, 5) is 8.76. The number of likely N-dealkylation sites (N-methyl/N-ethyl adjacent to an activating group) is 1. The molecule has 0 spiro atoms. The third kappa shape index (κ3) is 2.45. The Kier molecular flexibility index (Phi) is 4.03. The second-order valence-corrected chi connectivity index (χ2v) is 5.96. The Labute approximate surface area is 122 Å². The molecule has 3 rings (SSSR count). The van der Waals surface area contributed by atoms with E-state index in [1.165, 1.54) is 0 Å². The molecule has 6 heteroatoms. The van der Waals surface area contributed by atoms with Crippen LogP contribution in [0.4, 0.5) is 0 Å². The minimum atomic E-state index is 0.304. The van der Waals surface area contributed by atoms with Crippen LogP contribution in [0.3, 0.4) is 0 Å². The first-order valence-electron chi connectivity index (χ1n) is 6.85. The van der Waals surface area contributed by atoms with Crippen molar-refractivity contribution in [2.45, 2.75) is 25.3 Å². The predicted octanol–water partition coefficient (Wildman–Crippen LogP) is 2.11. The van der Waals surface area contributed by atoms with Crippen LogP contribution in [0.25, 0.3) is 11.4 Å². The van der Waals surface area contributed by atoms with E-state index >= 15 is 0 Å². The Hall–Kier alpha value is -1.40. The Balaban J connectivity index is 1.90. The number of hydrogen-bond donors (Lipinski definition) is 1. The first kappa shape index (κ1) is 13.6. The molecule has 1 fully saturated rings. The molecule has 1 saturated heterocycles. The highest BCUT2D eigenvalue weighted by Gasteiger charge is 2.32. The SMILES string of the molecule is CCc1cnccc1-c1noc(C2CSCC2NC)n1. The number of pyridine rings is 1. The number of aryl methyl sites for hydroxylation is 1. The summed E-state index contributed by atoms with van der Waals surface area (Å²) in [5.74, 6) is 3.84. The van der Waals surface area contributed by atoms with Crippen molar-refractivity contribution in [2.24, 2.45) is 0 Å². The molecule has 0 saturated carbocycles. The smallest absolute Gasteiger partial charge is 0.232 e. The van der Waals surface area contributed by atoms with Crippen molar-refractivity contribution in [3.63, 3.8) is 0 Å². The molecule has 1 N–H and O–H groups in total. The van der Waals surface area contributed by atoms with Gasteiger partial charge in [-0.15, -0.1) is 0 Å². The summed E-state index contributed by atoms with van der Waals surface area (Å²) in [7, 11) is 1.98. The molecule has 5 nitrogen and oxygen atoms in total. The molecule has 1 aliphatic heterocycles. The summed E-state index contributed by atoms with van der Waals surface area (Å²) >= 11 is 1.92. The van der Waals surface area contributed by atoms with E-state index < -0.39 is 0 Å². The number of nitrogens with zero attached hydrogens (tertiary/aromatic N) is 3. The van der Waals surface area contributed by atoms with E-state index in [-0.39, 0.29) is 0 Å². The summed E-state index contributed by atoms with van der Waals surface area (Å²) < 4.78 is 5.50. The molecular weight excluding hydrogens is 272 g/mol. The lowest BCUT2D eigenvalue weighted by Gasteiger charge is -2.13. The zero-order valence-electron chi connectivity index (χ0n) is 11.7. The zero-order chi connectivity index (χ0) is 13.9. The fourth-order valence-electron chi connectivity index (χ4n) is 2.50. The van der Waals surface area contributed by atoms with E-state index in [1.807, 2.05) is 31.1 Å². The fourth-order valence-corrected chi connectivity index (χ4v) is 3.92. The van der Waals surface area contributed by atoms with Gasteiger partial charge in [-0.05, 0) is 25.1 Å². The molecule has 3 heterocycles.